The molecule has 1 aliphatic rings. The van der Waals surface area contributed by atoms with Crippen LogP contribution in [0.3, 0.4) is 0 Å². The smallest absolute Gasteiger partial charge is 0.309 e. The summed E-state index contributed by atoms with van der Waals surface area (Å²) >= 11 is 0. The Kier molecular flexibility index (Phi) is 10.2. The molecule has 0 atom stereocenters. The number of methoxy groups -OCH3 is 1. The number of esters is 1. The fraction of sp³-hybridized carbons (Fsp3) is 0.412. The summed E-state index contributed by atoms with van der Waals surface area (Å²) in [6, 6.07) is 20.3. The third-order valence-electron chi connectivity index (χ3n) is 7.80. The number of hydrogen-bond donors (Lipinski definition) is 1. The maximum absolute atomic E-state index is 13.4. The Morgan fingerprint density at radius 3 is 2.14 bits per heavy atom. The summed E-state index contributed by atoms with van der Waals surface area (Å²) in [6.45, 7) is 9.68. The van der Waals surface area contributed by atoms with Crippen molar-refractivity contribution in [2.75, 3.05) is 31.5 Å². The number of sulfonamides is 1. The monoisotopic (exact) mass is 606 g/mol. The molecule has 1 aliphatic heterocycles. The Bertz CT molecular complexity index is 1520. The van der Waals surface area contributed by atoms with Gasteiger partial charge >= 0.3 is 5.97 Å². The summed E-state index contributed by atoms with van der Waals surface area (Å²) in [6.07, 6.45) is 1.92. The van der Waals surface area contributed by atoms with Crippen molar-refractivity contribution < 1.29 is 27.5 Å². The van der Waals surface area contributed by atoms with Crippen molar-refractivity contribution >= 4 is 27.6 Å². The summed E-state index contributed by atoms with van der Waals surface area (Å²) in [5.41, 5.74) is 4.27. The molecule has 1 N–H and O–H groups in total. The molecule has 0 unspecified atom stereocenters. The van der Waals surface area contributed by atoms with Crippen LogP contribution in [-0.4, -0.2) is 52.0 Å². The molecular formula is C34H42N2O6S. The van der Waals surface area contributed by atoms with Crippen molar-refractivity contribution in [3.05, 3.63) is 89.0 Å². The summed E-state index contributed by atoms with van der Waals surface area (Å²) in [7, 11) is -2.48. The van der Waals surface area contributed by atoms with Gasteiger partial charge in [-0.3, -0.25) is 14.3 Å². The lowest BCUT2D eigenvalue weighted by atomic mass is 9.86. The van der Waals surface area contributed by atoms with E-state index in [1.807, 2.05) is 6.07 Å². The molecule has 0 aliphatic carbocycles. The molecule has 0 radical (unpaired) electrons. The molecule has 0 bridgehead atoms. The van der Waals surface area contributed by atoms with E-state index in [2.05, 4.69) is 49.8 Å². The van der Waals surface area contributed by atoms with Gasteiger partial charge in [-0.25, -0.2) is 8.42 Å². The van der Waals surface area contributed by atoms with Crippen LogP contribution in [0.2, 0.25) is 0 Å². The first-order valence-electron chi connectivity index (χ1n) is 14.7. The lowest BCUT2D eigenvalue weighted by Gasteiger charge is -2.31. The van der Waals surface area contributed by atoms with Crippen molar-refractivity contribution in [2.24, 2.45) is 5.92 Å². The fourth-order valence-corrected chi connectivity index (χ4v) is 6.57. The number of nitrogens with one attached hydrogen (secondary N) is 1. The highest BCUT2D eigenvalue weighted by Gasteiger charge is 2.28. The van der Waals surface area contributed by atoms with Gasteiger partial charge in [0.25, 0.3) is 10.0 Å². The van der Waals surface area contributed by atoms with Crippen LogP contribution in [0.4, 0.5) is 5.69 Å². The average Bonchev–Trinajstić information content (AvgIpc) is 2.98. The van der Waals surface area contributed by atoms with Gasteiger partial charge in [-0.05, 0) is 65.6 Å². The average molecular weight is 607 g/mol. The molecule has 1 fully saturated rings. The molecule has 0 spiro atoms. The zero-order chi connectivity index (χ0) is 31.2. The second-order valence-corrected chi connectivity index (χ2v) is 13.6. The zero-order valence-corrected chi connectivity index (χ0v) is 26.5. The maximum Gasteiger partial charge on any atom is 0.309 e. The molecule has 4 rings (SSSR count). The largest absolute Gasteiger partial charge is 0.495 e. The fourth-order valence-electron chi connectivity index (χ4n) is 5.30. The number of rotatable bonds is 10. The van der Waals surface area contributed by atoms with E-state index in [1.165, 1.54) is 18.7 Å². The molecule has 0 saturated carbocycles. The highest BCUT2D eigenvalue weighted by atomic mass is 32.2. The number of benzene rings is 3. The Balaban J connectivity index is 1.40. The topological polar surface area (TPSA) is 102 Å². The molecule has 230 valence electrons. The summed E-state index contributed by atoms with van der Waals surface area (Å²) in [5.74, 6) is -0.0624. The third-order valence-corrected chi connectivity index (χ3v) is 9.20. The second kappa shape index (κ2) is 13.6. The number of ether oxygens (including phenoxy) is 2. The molecule has 3 aromatic rings. The van der Waals surface area contributed by atoms with Crippen LogP contribution in [0.5, 0.6) is 5.75 Å². The summed E-state index contributed by atoms with van der Waals surface area (Å²) in [5, 5.41) is 0. The Labute approximate surface area is 255 Å². The number of carbonyl (C=O) groups excluding carboxylic acids is 2. The minimum absolute atomic E-state index is 0.0229. The molecule has 43 heavy (non-hydrogen) atoms. The van der Waals surface area contributed by atoms with Crippen LogP contribution < -0.4 is 9.46 Å². The van der Waals surface area contributed by atoms with E-state index in [0.717, 1.165) is 16.7 Å². The first kappa shape index (κ1) is 32.1. The van der Waals surface area contributed by atoms with Gasteiger partial charge in [-0.2, -0.15) is 0 Å². The lowest BCUT2D eigenvalue weighted by Crippen LogP contribution is -2.41. The van der Waals surface area contributed by atoms with Gasteiger partial charge in [0.15, 0.2) is 0 Å². The van der Waals surface area contributed by atoms with Crippen molar-refractivity contribution in [1.82, 2.24) is 4.90 Å². The molecule has 0 aromatic heterocycles. The number of amides is 1. The van der Waals surface area contributed by atoms with Gasteiger partial charge in [0, 0.05) is 25.2 Å². The highest BCUT2D eigenvalue weighted by Crippen LogP contribution is 2.32. The van der Waals surface area contributed by atoms with Gasteiger partial charge in [0.2, 0.25) is 5.91 Å². The second-order valence-electron chi connectivity index (χ2n) is 12.0. The van der Waals surface area contributed by atoms with E-state index < -0.39 is 10.0 Å². The minimum atomic E-state index is -3.95. The zero-order valence-electron chi connectivity index (χ0n) is 25.7. The molecule has 9 heteroatoms. The van der Waals surface area contributed by atoms with Gasteiger partial charge in [0.1, 0.15) is 10.6 Å². The molecule has 8 nitrogen and oxygen atoms in total. The van der Waals surface area contributed by atoms with E-state index in [0.29, 0.717) is 50.4 Å². The molecule has 3 aromatic carbocycles. The van der Waals surface area contributed by atoms with E-state index >= 15 is 0 Å². The van der Waals surface area contributed by atoms with Crippen LogP contribution in [-0.2, 0) is 42.6 Å². The van der Waals surface area contributed by atoms with Crippen LogP contribution >= 0.6 is 0 Å². The maximum atomic E-state index is 13.4. The van der Waals surface area contributed by atoms with Gasteiger partial charge < -0.3 is 14.4 Å². The van der Waals surface area contributed by atoms with Crippen molar-refractivity contribution in [3.63, 3.8) is 0 Å². The molecule has 1 heterocycles. The van der Waals surface area contributed by atoms with Crippen LogP contribution in [0.15, 0.2) is 71.6 Å². The SMILES string of the molecule is CCOC(=O)C1CCN(C(=O)Cc2ccc(NS(=O)(=O)c3cccc(Cc4ccc(C(C)(C)C)cc4)c3OC)cc2)CC1. The molecule has 1 amide bonds. The lowest BCUT2D eigenvalue weighted by molar-refractivity contribution is -0.151. The van der Waals surface area contributed by atoms with Crippen molar-refractivity contribution in [3.8, 4) is 5.75 Å². The summed E-state index contributed by atoms with van der Waals surface area (Å²) < 4.78 is 40.2. The number of hydrogen-bond acceptors (Lipinski definition) is 6. The van der Waals surface area contributed by atoms with E-state index in [1.54, 1.807) is 42.2 Å². The van der Waals surface area contributed by atoms with Crippen LogP contribution in [0.1, 0.15) is 62.8 Å². The number of anilines is 1. The van der Waals surface area contributed by atoms with E-state index in [-0.39, 0.29) is 34.5 Å². The number of likely N-dealkylation sites (tertiary alicyclic amines) is 1. The number of para-hydroxylation sites is 1. The quantitative estimate of drug-likeness (QED) is 0.296. The predicted octanol–water partition coefficient (Wildman–Crippen LogP) is 5.73. The standard InChI is InChI=1S/C34H42N2O6S/c1-6-42-33(38)26-18-20-36(21-19-26)31(37)23-25-12-16-29(17-13-25)35-43(39,40)30-9-7-8-27(32(30)41-5)22-24-10-14-28(15-11-24)34(2,3)4/h7-17,26,35H,6,18-23H2,1-5H3. The number of piperidine rings is 1. The van der Waals surface area contributed by atoms with Crippen LogP contribution in [0, 0.1) is 5.92 Å². The Morgan fingerprint density at radius 2 is 1.56 bits per heavy atom. The first-order valence-corrected chi connectivity index (χ1v) is 16.2. The van der Waals surface area contributed by atoms with Crippen molar-refractivity contribution in [1.29, 1.82) is 0 Å². The van der Waals surface area contributed by atoms with E-state index in [4.69, 9.17) is 9.47 Å². The van der Waals surface area contributed by atoms with Crippen molar-refractivity contribution in [2.45, 2.75) is 63.7 Å². The molecular weight excluding hydrogens is 564 g/mol. The summed E-state index contributed by atoms with van der Waals surface area (Å²) in [4.78, 5) is 26.6. The Hall–Kier alpha value is -3.85. The van der Waals surface area contributed by atoms with Gasteiger partial charge in [0.05, 0.1) is 26.1 Å². The van der Waals surface area contributed by atoms with Gasteiger partial charge in [-0.15, -0.1) is 0 Å². The highest BCUT2D eigenvalue weighted by molar-refractivity contribution is 7.92. The van der Waals surface area contributed by atoms with Gasteiger partial charge in [-0.1, -0.05) is 69.3 Å². The third kappa shape index (κ3) is 8.16. The minimum Gasteiger partial charge on any atom is -0.495 e. The predicted molar refractivity (Wildman–Crippen MR) is 168 cm³/mol. The van der Waals surface area contributed by atoms with E-state index in [9.17, 15) is 18.0 Å². The van der Waals surface area contributed by atoms with Crippen LogP contribution in [0.25, 0.3) is 0 Å². The number of nitrogens with zero attached hydrogens (tertiary/aromatic N) is 1. The number of carbonyl (C=O) groups is 2. The Morgan fingerprint density at radius 1 is 0.930 bits per heavy atom. The molecule has 1 saturated heterocycles. The first-order chi connectivity index (χ1) is 20.4. The normalized spacial score (nSPS) is 14.3.